The zero-order valence-electron chi connectivity index (χ0n) is 7.06. The van der Waals surface area contributed by atoms with Gasteiger partial charge in [0.05, 0.1) is 13.1 Å². The highest BCUT2D eigenvalue weighted by Gasteiger charge is 2.12. The fourth-order valence-corrected chi connectivity index (χ4v) is 0.706. The highest BCUT2D eigenvalue weighted by atomic mass is 16.5. The number of amides is 1. The van der Waals surface area contributed by atoms with Gasteiger partial charge < -0.3 is 15.4 Å². The van der Waals surface area contributed by atoms with Crippen LogP contribution in [0, 0.1) is 0 Å². The number of aromatic nitrogens is 2. The number of carboxylic acids is 1. The molecule has 0 aliphatic heterocycles. The summed E-state index contributed by atoms with van der Waals surface area (Å²) < 4.78 is 4.55. The maximum absolute atomic E-state index is 10.3. The Labute approximate surface area is 78.1 Å². The summed E-state index contributed by atoms with van der Waals surface area (Å²) in [6, 6.07) is 0. The second-order valence-corrected chi connectivity index (χ2v) is 2.39. The molecular formula is C6H8N4O4. The van der Waals surface area contributed by atoms with Gasteiger partial charge in [-0.05, 0) is 5.16 Å². The summed E-state index contributed by atoms with van der Waals surface area (Å²) in [5, 5.41) is 14.2. The molecule has 0 spiro atoms. The monoisotopic (exact) mass is 200 g/mol. The molecule has 76 valence electrons. The molecule has 0 aromatic carbocycles. The van der Waals surface area contributed by atoms with Crippen molar-refractivity contribution in [1.29, 1.82) is 0 Å². The minimum Gasteiger partial charge on any atom is -0.475 e. The van der Waals surface area contributed by atoms with Gasteiger partial charge in [0.2, 0.25) is 11.8 Å². The smallest absolute Gasteiger partial charge is 0.377 e. The number of nitrogens with one attached hydrogen (secondary N) is 1. The van der Waals surface area contributed by atoms with Crippen molar-refractivity contribution in [3.8, 4) is 0 Å². The molecule has 4 N–H and O–H groups in total. The lowest BCUT2D eigenvalue weighted by molar-refractivity contribution is -0.117. The summed E-state index contributed by atoms with van der Waals surface area (Å²) in [6.45, 7) is 0.0635. The number of hydrogen-bond donors (Lipinski definition) is 3. The molecule has 1 amide bonds. The van der Waals surface area contributed by atoms with E-state index in [-0.39, 0.29) is 19.0 Å². The molecule has 0 aliphatic carbocycles. The summed E-state index contributed by atoms with van der Waals surface area (Å²) in [7, 11) is 0. The number of carbonyl (C=O) groups is 2. The first-order valence-corrected chi connectivity index (χ1v) is 3.64. The first-order valence-electron chi connectivity index (χ1n) is 3.64. The number of nitrogens with zero attached hydrogens (tertiary/aromatic N) is 2. The zero-order valence-corrected chi connectivity index (χ0v) is 7.06. The molecule has 8 nitrogen and oxygen atoms in total. The fraction of sp³-hybridized carbons (Fsp3) is 0.333. The molecule has 14 heavy (non-hydrogen) atoms. The Balaban J connectivity index is 2.44. The summed E-state index contributed by atoms with van der Waals surface area (Å²) in [4.78, 5) is 24.1. The summed E-state index contributed by atoms with van der Waals surface area (Å²) in [5.41, 5.74) is 4.85. The second-order valence-electron chi connectivity index (χ2n) is 2.39. The van der Waals surface area contributed by atoms with Crippen LogP contribution in [0.2, 0.25) is 0 Å². The summed E-state index contributed by atoms with van der Waals surface area (Å²) >= 11 is 0. The maximum Gasteiger partial charge on any atom is 0.377 e. The SMILES string of the molecule is NC(=O)CNCc1nc(C(=O)O)no1. The molecule has 0 unspecified atom stereocenters. The molecule has 1 heterocycles. The first-order chi connectivity index (χ1) is 6.59. The molecule has 0 aliphatic rings. The van der Waals surface area contributed by atoms with Crippen LogP contribution < -0.4 is 11.1 Å². The van der Waals surface area contributed by atoms with E-state index in [2.05, 4.69) is 20.0 Å². The highest BCUT2D eigenvalue weighted by molar-refractivity contribution is 5.82. The summed E-state index contributed by atoms with van der Waals surface area (Å²) in [6.07, 6.45) is 0. The Morgan fingerprint density at radius 1 is 1.57 bits per heavy atom. The molecule has 0 fully saturated rings. The van der Waals surface area contributed by atoms with Gasteiger partial charge in [0.1, 0.15) is 0 Å². The van der Waals surface area contributed by atoms with Crippen molar-refractivity contribution in [2.24, 2.45) is 5.73 Å². The van der Waals surface area contributed by atoms with Crippen LogP contribution >= 0.6 is 0 Å². The molecule has 0 atom stereocenters. The van der Waals surface area contributed by atoms with E-state index in [4.69, 9.17) is 10.8 Å². The van der Waals surface area contributed by atoms with Crippen LogP contribution in [0.4, 0.5) is 0 Å². The Morgan fingerprint density at radius 3 is 2.79 bits per heavy atom. The van der Waals surface area contributed by atoms with E-state index in [1.807, 2.05) is 0 Å². The lowest BCUT2D eigenvalue weighted by Crippen LogP contribution is -2.28. The van der Waals surface area contributed by atoms with Crippen molar-refractivity contribution >= 4 is 11.9 Å². The van der Waals surface area contributed by atoms with Gasteiger partial charge in [0.25, 0.3) is 5.82 Å². The van der Waals surface area contributed by atoms with Crippen LogP contribution in [0.3, 0.4) is 0 Å². The van der Waals surface area contributed by atoms with Crippen LogP contribution in [0.1, 0.15) is 16.5 Å². The first kappa shape index (κ1) is 10.1. The summed E-state index contributed by atoms with van der Waals surface area (Å²) in [5.74, 6) is -2.12. The van der Waals surface area contributed by atoms with Crippen molar-refractivity contribution in [2.75, 3.05) is 6.54 Å². The van der Waals surface area contributed by atoms with E-state index in [9.17, 15) is 9.59 Å². The van der Waals surface area contributed by atoms with Gasteiger partial charge in [0.15, 0.2) is 0 Å². The molecule has 0 bridgehead atoms. The van der Waals surface area contributed by atoms with Gasteiger partial charge in [-0.2, -0.15) is 4.98 Å². The number of primary amides is 1. The van der Waals surface area contributed by atoms with Crippen LogP contribution in [-0.4, -0.2) is 33.7 Å². The van der Waals surface area contributed by atoms with Crippen LogP contribution in [0.15, 0.2) is 4.52 Å². The van der Waals surface area contributed by atoms with Gasteiger partial charge in [0, 0.05) is 0 Å². The third kappa shape index (κ3) is 2.83. The lowest BCUT2D eigenvalue weighted by Gasteiger charge is -1.94. The van der Waals surface area contributed by atoms with E-state index in [0.717, 1.165) is 0 Å². The van der Waals surface area contributed by atoms with Gasteiger partial charge in [-0.1, -0.05) is 0 Å². The zero-order chi connectivity index (χ0) is 10.6. The molecule has 1 aromatic heterocycles. The second kappa shape index (κ2) is 4.33. The van der Waals surface area contributed by atoms with Crippen molar-refractivity contribution in [3.63, 3.8) is 0 Å². The molecule has 0 saturated heterocycles. The van der Waals surface area contributed by atoms with Gasteiger partial charge in [-0.25, -0.2) is 4.79 Å². The van der Waals surface area contributed by atoms with Crippen molar-refractivity contribution in [1.82, 2.24) is 15.5 Å². The number of rotatable bonds is 5. The Bertz CT molecular complexity index is 347. The van der Waals surface area contributed by atoms with Crippen molar-refractivity contribution < 1.29 is 19.2 Å². The standard InChI is InChI=1S/C6H8N4O4/c7-3(11)1-8-2-4-9-5(6(12)13)10-14-4/h8H,1-2H2,(H2,7,11)(H,12,13). The van der Waals surface area contributed by atoms with E-state index in [1.54, 1.807) is 0 Å². The third-order valence-corrected chi connectivity index (χ3v) is 1.23. The Kier molecular flexibility index (Phi) is 3.13. The molecule has 0 saturated carbocycles. The fourth-order valence-electron chi connectivity index (χ4n) is 0.706. The normalized spacial score (nSPS) is 10.0. The Morgan fingerprint density at radius 2 is 2.29 bits per heavy atom. The number of aromatic carboxylic acids is 1. The van der Waals surface area contributed by atoms with Gasteiger partial charge >= 0.3 is 5.97 Å². The van der Waals surface area contributed by atoms with E-state index in [1.165, 1.54) is 0 Å². The number of nitrogens with two attached hydrogens (primary N) is 1. The number of hydrogen-bond acceptors (Lipinski definition) is 6. The van der Waals surface area contributed by atoms with Crippen molar-refractivity contribution in [2.45, 2.75) is 6.54 Å². The third-order valence-electron chi connectivity index (χ3n) is 1.23. The predicted octanol–water partition coefficient (Wildman–Crippen LogP) is -1.66. The lowest BCUT2D eigenvalue weighted by atomic mass is 10.5. The highest BCUT2D eigenvalue weighted by Crippen LogP contribution is 1.95. The molecule has 8 heteroatoms. The van der Waals surface area contributed by atoms with Gasteiger partial charge in [-0.3, -0.25) is 10.1 Å². The minimum atomic E-state index is -1.27. The minimum absolute atomic E-state index is 0.0369. The van der Waals surface area contributed by atoms with Crippen LogP contribution in [0.25, 0.3) is 0 Å². The Hall–Kier alpha value is -1.96. The largest absolute Gasteiger partial charge is 0.475 e. The predicted molar refractivity (Wildman–Crippen MR) is 42.2 cm³/mol. The molecule has 1 rings (SSSR count). The average Bonchev–Trinajstić information content (AvgIpc) is 2.52. The number of carbonyl (C=O) groups excluding carboxylic acids is 1. The van der Waals surface area contributed by atoms with Crippen molar-refractivity contribution in [3.05, 3.63) is 11.7 Å². The molecule has 1 aromatic rings. The topological polar surface area (TPSA) is 131 Å². The van der Waals surface area contributed by atoms with E-state index >= 15 is 0 Å². The molecular weight excluding hydrogens is 192 g/mol. The average molecular weight is 200 g/mol. The van der Waals surface area contributed by atoms with Crippen LogP contribution in [0.5, 0.6) is 0 Å². The van der Waals surface area contributed by atoms with Crippen LogP contribution in [-0.2, 0) is 11.3 Å². The van der Waals surface area contributed by atoms with E-state index < -0.39 is 17.7 Å². The maximum atomic E-state index is 10.3. The van der Waals surface area contributed by atoms with E-state index in [0.29, 0.717) is 0 Å². The van der Waals surface area contributed by atoms with Gasteiger partial charge in [-0.15, -0.1) is 0 Å². The molecule has 0 radical (unpaired) electrons. The quantitative estimate of drug-likeness (QED) is 0.518. The number of carboxylic acid groups (broad SMARTS) is 1.